The van der Waals surface area contributed by atoms with E-state index in [1.165, 1.54) is 17.7 Å². The van der Waals surface area contributed by atoms with Crippen LogP contribution < -0.4 is 5.14 Å². The molecular formula is C20H25N3O3S. The molecule has 3 rings (SSSR count). The number of carbonyl (C=O) groups excluding carboxylic acids is 1. The van der Waals surface area contributed by atoms with Crippen molar-refractivity contribution in [3.05, 3.63) is 65.2 Å². The highest BCUT2D eigenvalue weighted by molar-refractivity contribution is 7.89. The number of piperazine rings is 1. The zero-order valence-corrected chi connectivity index (χ0v) is 16.3. The molecule has 1 aliphatic rings. The van der Waals surface area contributed by atoms with Crippen molar-refractivity contribution in [2.24, 2.45) is 5.14 Å². The molecule has 1 fully saturated rings. The molecule has 0 spiro atoms. The summed E-state index contributed by atoms with van der Waals surface area (Å²) in [5.74, 6) is -0.138. The molecule has 1 amide bonds. The number of hydrogen-bond acceptors (Lipinski definition) is 4. The highest BCUT2D eigenvalue weighted by Crippen LogP contribution is 2.18. The Labute approximate surface area is 160 Å². The number of carbonyl (C=O) groups is 1. The highest BCUT2D eigenvalue weighted by atomic mass is 32.2. The largest absolute Gasteiger partial charge is 0.336 e. The molecule has 0 aromatic heterocycles. The molecule has 0 aliphatic carbocycles. The molecule has 6 nitrogen and oxygen atoms in total. The average Bonchev–Trinajstić information content (AvgIpc) is 2.66. The van der Waals surface area contributed by atoms with Gasteiger partial charge < -0.3 is 4.90 Å². The first-order valence-corrected chi connectivity index (χ1v) is 10.6. The molecule has 0 unspecified atom stereocenters. The van der Waals surface area contributed by atoms with Crippen LogP contribution in [0.3, 0.4) is 0 Å². The summed E-state index contributed by atoms with van der Waals surface area (Å²) in [5.41, 5.74) is 2.46. The van der Waals surface area contributed by atoms with Crippen LogP contribution in [0.4, 0.5) is 0 Å². The van der Waals surface area contributed by atoms with Crippen molar-refractivity contribution in [1.82, 2.24) is 9.80 Å². The maximum absolute atomic E-state index is 12.9. The van der Waals surface area contributed by atoms with Gasteiger partial charge in [0.1, 0.15) is 0 Å². The molecule has 0 atom stereocenters. The summed E-state index contributed by atoms with van der Waals surface area (Å²) in [7, 11) is -3.83. The van der Waals surface area contributed by atoms with Gasteiger partial charge in [-0.25, -0.2) is 13.6 Å². The first kappa shape index (κ1) is 19.5. The second-order valence-corrected chi connectivity index (χ2v) is 8.45. The van der Waals surface area contributed by atoms with Gasteiger partial charge in [-0.15, -0.1) is 0 Å². The molecule has 0 bridgehead atoms. The number of primary sulfonamides is 1. The second-order valence-electron chi connectivity index (χ2n) is 6.89. The topological polar surface area (TPSA) is 83.7 Å². The van der Waals surface area contributed by atoms with Gasteiger partial charge in [-0.05, 0) is 36.6 Å². The molecule has 27 heavy (non-hydrogen) atoms. The van der Waals surface area contributed by atoms with Crippen molar-refractivity contribution in [3.63, 3.8) is 0 Å². The fourth-order valence-corrected chi connectivity index (χ4v) is 3.83. The smallest absolute Gasteiger partial charge is 0.254 e. The van der Waals surface area contributed by atoms with E-state index in [4.69, 9.17) is 5.14 Å². The normalized spacial score (nSPS) is 15.7. The fraction of sp³-hybridized carbons (Fsp3) is 0.350. The van der Waals surface area contributed by atoms with Gasteiger partial charge in [-0.2, -0.15) is 0 Å². The molecule has 144 valence electrons. The third-order valence-corrected chi connectivity index (χ3v) is 5.90. The molecule has 1 aliphatic heterocycles. The van der Waals surface area contributed by atoms with Gasteiger partial charge in [0, 0.05) is 38.3 Å². The van der Waals surface area contributed by atoms with Crippen LogP contribution in [-0.4, -0.2) is 56.8 Å². The van der Waals surface area contributed by atoms with Crippen molar-refractivity contribution < 1.29 is 13.2 Å². The van der Waals surface area contributed by atoms with Gasteiger partial charge in [-0.3, -0.25) is 9.69 Å². The van der Waals surface area contributed by atoms with E-state index in [1.54, 1.807) is 17.9 Å². The number of benzene rings is 2. The minimum absolute atomic E-state index is 0.0297. The van der Waals surface area contributed by atoms with Crippen LogP contribution in [0.25, 0.3) is 0 Å². The van der Waals surface area contributed by atoms with Crippen LogP contribution >= 0.6 is 0 Å². The number of nitrogens with two attached hydrogens (primary N) is 1. The Morgan fingerprint density at radius 2 is 1.70 bits per heavy atom. The van der Waals surface area contributed by atoms with Crippen LogP contribution in [0.5, 0.6) is 0 Å². The third-order valence-electron chi connectivity index (χ3n) is 4.99. The van der Waals surface area contributed by atoms with E-state index in [0.29, 0.717) is 18.7 Å². The number of sulfonamides is 1. The van der Waals surface area contributed by atoms with E-state index in [9.17, 15) is 13.2 Å². The van der Waals surface area contributed by atoms with Crippen LogP contribution in [0.15, 0.2) is 53.4 Å². The molecule has 0 radical (unpaired) electrons. The van der Waals surface area contributed by atoms with Crippen molar-refractivity contribution in [3.8, 4) is 0 Å². The van der Waals surface area contributed by atoms with Crippen LogP contribution in [0.2, 0.25) is 0 Å². The summed E-state index contributed by atoms with van der Waals surface area (Å²) in [5, 5.41) is 5.19. The van der Waals surface area contributed by atoms with E-state index >= 15 is 0 Å². The number of amides is 1. The Kier molecular flexibility index (Phi) is 5.94. The lowest BCUT2D eigenvalue weighted by Gasteiger charge is -2.35. The van der Waals surface area contributed by atoms with E-state index in [2.05, 4.69) is 17.0 Å². The SMILES string of the molecule is Cc1ccc(S(N)(=O)=O)cc1C(=O)N1CCN(CCc2ccccc2)CC1. The summed E-state index contributed by atoms with van der Waals surface area (Å²) in [6.45, 7) is 5.65. The number of nitrogens with zero attached hydrogens (tertiary/aromatic N) is 2. The van der Waals surface area contributed by atoms with Crippen molar-refractivity contribution >= 4 is 15.9 Å². The minimum atomic E-state index is -3.83. The standard InChI is InChI=1S/C20H25N3O3S/c1-16-7-8-18(27(21,25)26)15-19(16)20(24)23-13-11-22(12-14-23)10-9-17-5-3-2-4-6-17/h2-8,15H,9-14H2,1H3,(H2,21,25,26). The van der Waals surface area contributed by atoms with Gasteiger partial charge in [0.25, 0.3) is 5.91 Å². The first-order valence-electron chi connectivity index (χ1n) is 9.03. The minimum Gasteiger partial charge on any atom is -0.336 e. The Hall–Kier alpha value is -2.22. The molecular weight excluding hydrogens is 362 g/mol. The van der Waals surface area contributed by atoms with E-state index in [1.807, 2.05) is 18.2 Å². The van der Waals surface area contributed by atoms with Crippen molar-refractivity contribution in [2.45, 2.75) is 18.2 Å². The van der Waals surface area contributed by atoms with Gasteiger partial charge in [0.15, 0.2) is 0 Å². The van der Waals surface area contributed by atoms with Crippen LogP contribution in [0.1, 0.15) is 21.5 Å². The van der Waals surface area contributed by atoms with Crippen LogP contribution in [0, 0.1) is 6.92 Å². The first-order chi connectivity index (χ1) is 12.8. The average molecular weight is 388 g/mol. The zero-order valence-electron chi connectivity index (χ0n) is 15.5. The summed E-state index contributed by atoms with van der Waals surface area (Å²) in [6.07, 6.45) is 0.990. The highest BCUT2D eigenvalue weighted by Gasteiger charge is 2.24. The zero-order chi connectivity index (χ0) is 19.4. The Bertz CT molecular complexity index is 905. The second kappa shape index (κ2) is 8.21. The molecule has 2 aromatic carbocycles. The molecule has 2 aromatic rings. The van der Waals surface area contributed by atoms with Gasteiger partial charge in [0.05, 0.1) is 4.90 Å². The maximum Gasteiger partial charge on any atom is 0.254 e. The number of rotatable bonds is 5. The molecule has 1 heterocycles. The molecule has 7 heteroatoms. The fourth-order valence-electron chi connectivity index (χ4n) is 3.29. The summed E-state index contributed by atoms with van der Waals surface area (Å²) < 4.78 is 23.1. The molecule has 2 N–H and O–H groups in total. The van der Waals surface area contributed by atoms with Crippen LogP contribution in [-0.2, 0) is 16.4 Å². The predicted molar refractivity (Wildman–Crippen MR) is 105 cm³/mol. The Balaban J connectivity index is 1.60. The monoisotopic (exact) mass is 387 g/mol. The van der Waals surface area contributed by atoms with Gasteiger partial charge >= 0.3 is 0 Å². The van der Waals surface area contributed by atoms with E-state index in [-0.39, 0.29) is 10.8 Å². The Morgan fingerprint density at radius 1 is 1.04 bits per heavy atom. The Morgan fingerprint density at radius 3 is 2.33 bits per heavy atom. The third kappa shape index (κ3) is 4.94. The van der Waals surface area contributed by atoms with E-state index < -0.39 is 10.0 Å². The van der Waals surface area contributed by atoms with Gasteiger partial charge in [0.2, 0.25) is 10.0 Å². The summed E-state index contributed by atoms with van der Waals surface area (Å²) >= 11 is 0. The lowest BCUT2D eigenvalue weighted by molar-refractivity contribution is 0.0637. The quantitative estimate of drug-likeness (QED) is 0.845. The number of aryl methyl sites for hydroxylation is 1. The van der Waals surface area contributed by atoms with Crippen molar-refractivity contribution in [2.75, 3.05) is 32.7 Å². The lowest BCUT2D eigenvalue weighted by atomic mass is 10.1. The van der Waals surface area contributed by atoms with Gasteiger partial charge in [-0.1, -0.05) is 36.4 Å². The summed E-state index contributed by atoms with van der Waals surface area (Å²) in [6, 6.07) is 14.8. The number of hydrogen-bond donors (Lipinski definition) is 1. The predicted octanol–water partition coefficient (Wildman–Crippen LogP) is 1.64. The lowest BCUT2D eigenvalue weighted by Crippen LogP contribution is -2.49. The van der Waals surface area contributed by atoms with E-state index in [0.717, 1.165) is 31.6 Å². The maximum atomic E-state index is 12.9. The van der Waals surface area contributed by atoms with Crippen molar-refractivity contribution in [1.29, 1.82) is 0 Å². The summed E-state index contributed by atoms with van der Waals surface area (Å²) in [4.78, 5) is 17.0. The molecule has 0 saturated carbocycles. The molecule has 1 saturated heterocycles.